The van der Waals surface area contributed by atoms with Crippen molar-refractivity contribution in [2.75, 3.05) is 23.0 Å². The van der Waals surface area contributed by atoms with E-state index in [0.717, 1.165) is 60.2 Å². The van der Waals surface area contributed by atoms with Gasteiger partial charge in [-0.05, 0) is 119 Å². The Morgan fingerprint density at radius 1 is 0.396 bits per heavy atom. The molecule has 238 valence electrons. The second kappa shape index (κ2) is 13.2. The van der Waals surface area contributed by atoms with E-state index in [1.165, 1.54) is 33.4 Å². The van der Waals surface area contributed by atoms with Crippen molar-refractivity contribution in [2.45, 2.75) is 38.9 Å². The summed E-state index contributed by atoms with van der Waals surface area (Å²) in [7, 11) is 0. The van der Waals surface area contributed by atoms with Gasteiger partial charge < -0.3 is 19.3 Å². The van der Waals surface area contributed by atoms with Crippen molar-refractivity contribution in [3.63, 3.8) is 0 Å². The van der Waals surface area contributed by atoms with Gasteiger partial charge in [0.05, 0.1) is 13.2 Å². The summed E-state index contributed by atoms with van der Waals surface area (Å²) in [5.41, 5.74) is 14.3. The van der Waals surface area contributed by atoms with Gasteiger partial charge in [0.25, 0.3) is 0 Å². The Balaban J connectivity index is 1.08. The van der Waals surface area contributed by atoms with Gasteiger partial charge >= 0.3 is 0 Å². The van der Waals surface area contributed by atoms with Gasteiger partial charge in [-0.25, -0.2) is 0 Å². The Labute approximate surface area is 283 Å². The Morgan fingerprint density at radius 3 is 0.896 bits per heavy atom. The summed E-state index contributed by atoms with van der Waals surface area (Å²) in [5, 5.41) is 0. The van der Waals surface area contributed by atoms with Crippen LogP contribution in [-0.4, -0.2) is 13.2 Å². The van der Waals surface area contributed by atoms with E-state index in [2.05, 4.69) is 169 Å². The Bertz CT molecular complexity index is 1810. The van der Waals surface area contributed by atoms with Crippen molar-refractivity contribution in [2.24, 2.45) is 0 Å². The highest BCUT2D eigenvalue weighted by molar-refractivity contribution is 5.81. The van der Waals surface area contributed by atoms with Crippen LogP contribution in [0, 0.1) is 0 Å². The van der Waals surface area contributed by atoms with E-state index in [-0.39, 0.29) is 12.2 Å². The van der Waals surface area contributed by atoms with Crippen LogP contribution in [0.1, 0.15) is 48.3 Å². The molecule has 0 amide bonds. The summed E-state index contributed by atoms with van der Waals surface area (Å²) >= 11 is 0. The van der Waals surface area contributed by atoms with Crippen LogP contribution in [-0.2, 0) is 22.3 Å². The lowest BCUT2D eigenvalue weighted by Crippen LogP contribution is -2.10. The SMILES string of the molecule is CCc1ccc(N(c2ccc(-c3ccc(N(c4ccc(CC)cc4)c4ccc(C5CO5)cc4)cc3)cc2)c2ccc(C3CO3)cc2)cc1. The molecule has 48 heavy (non-hydrogen) atoms. The smallest absolute Gasteiger partial charge is 0.106 e. The van der Waals surface area contributed by atoms with Crippen molar-refractivity contribution in [1.29, 1.82) is 0 Å². The molecule has 0 spiro atoms. The molecule has 2 unspecified atom stereocenters. The lowest BCUT2D eigenvalue weighted by atomic mass is 10.0. The fourth-order valence-corrected chi connectivity index (χ4v) is 6.42. The number of hydrogen-bond acceptors (Lipinski definition) is 4. The van der Waals surface area contributed by atoms with Crippen LogP contribution in [0.25, 0.3) is 11.1 Å². The molecular weight excluding hydrogens is 588 g/mol. The average Bonchev–Trinajstić information content (AvgIpc) is 4.09. The summed E-state index contributed by atoms with van der Waals surface area (Å²) in [4.78, 5) is 4.65. The second-order valence-corrected chi connectivity index (χ2v) is 12.6. The van der Waals surface area contributed by atoms with Gasteiger partial charge in [0.1, 0.15) is 12.2 Å². The highest BCUT2D eigenvalue weighted by atomic mass is 16.6. The number of nitrogens with zero attached hydrogens (tertiary/aromatic N) is 2. The Kier molecular flexibility index (Phi) is 8.27. The van der Waals surface area contributed by atoms with Gasteiger partial charge in [-0.15, -0.1) is 0 Å². The molecule has 0 N–H and O–H groups in total. The van der Waals surface area contributed by atoms with Crippen LogP contribution >= 0.6 is 0 Å². The normalized spacial score (nSPS) is 16.4. The molecule has 2 saturated heterocycles. The summed E-state index contributed by atoms with van der Waals surface area (Å²) in [6.07, 6.45) is 2.54. The Hall–Kier alpha value is -5.16. The predicted octanol–water partition coefficient (Wildman–Crippen LogP) is 11.6. The van der Waals surface area contributed by atoms with E-state index in [9.17, 15) is 0 Å². The van der Waals surface area contributed by atoms with Crippen LogP contribution in [0.4, 0.5) is 34.1 Å². The van der Waals surface area contributed by atoms with E-state index in [1.54, 1.807) is 0 Å². The lowest BCUT2D eigenvalue weighted by Gasteiger charge is -2.26. The number of ether oxygens (including phenoxy) is 2. The third-order valence-electron chi connectivity index (χ3n) is 9.50. The minimum atomic E-state index is 0.249. The highest BCUT2D eigenvalue weighted by Gasteiger charge is 2.26. The first-order valence-electron chi connectivity index (χ1n) is 17.1. The van der Waals surface area contributed by atoms with Crippen molar-refractivity contribution >= 4 is 34.1 Å². The van der Waals surface area contributed by atoms with Crippen LogP contribution in [0.3, 0.4) is 0 Å². The minimum absolute atomic E-state index is 0.249. The molecule has 4 heteroatoms. The predicted molar refractivity (Wildman–Crippen MR) is 197 cm³/mol. The molecule has 0 aliphatic carbocycles. The van der Waals surface area contributed by atoms with Crippen molar-refractivity contribution < 1.29 is 9.47 Å². The number of epoxide rings is 2. The first kappa shape index (κ1) is 30.2. The van der Waals surface area contributed by atoms with Gasteiger partial charge in [-0.1, -0.05) is 86.6 Å². The van der Waals surface area contributed by atoms with Crippen molar-refractivity contribution in [3.8, 4) is 11.1 Å². The fraction of sp³-hybridized carbons (Fsp3) is 0.182. The summed E-state index contributed by atoms with van der Waals surface area (Å²) < 4.78 is 11.0. The molecule has 4 nitrogen and oxygen atoms in total. The third-order valence-corrected chi connectivity index (χ3v) is 9.50. The van der Waals surface area contributed by atoms with Gasteiger partial charge in [0.15, 0.2) is 0 Å². The first-order valence-corrected chi connectivity index (χ1v) is 17.1. The quantitative estimate of drug-likeness (QED) is 0.134. The monoisotopic (exact) mass is 628 g/mol. The molecule has 2 aliphatic rings. The molecule has 6 aromatic rings. The number of anilines is 6. The van der Waals surface area contributed by atoms with Crippen molar-refractivity contribution in [1.82, 2.24) is 0 Å². The average molecular weight is 629 g/mol. The molecule has 2 atom stereocenters. The molecule has 0 saturated carbocycles. The first-order chi connectivity index (χ1) is 23.7. The van der Waals surface area contributed by atoms with Gasteiger partial charge in [0, 0.05) is 34.1 Å². The minimum Gasteiger partial charge on any atom is -0.368 e. The molecule has 6 aromatic carbocycles. The number of benzene rings is 6. The van der Waals surface area contributed by atoms with E-state index in [1.807, 2.05) is 0 Å². The number of rotatable bonds is 11. The van der Waals surface area contributed by atoms with E-state index in [4.69, 9.17) is 9.47 Å². The third kappa shape index (κ3) is 6.37. The van der Waals surface area contributed by atoms with E-state index < -0.39 is 0 Å². The largest absolute Gasteiger partial charge is 0.368 e. The zero-order valence-corrected chi connectivity index (χ0v) is 27.6. The molecule has 2 heterocycles. The van der Waals surface area contributed by atoms with Gasteiger partial charge in [-0.2, -0.15) is 0 Å². The van der Waals surface area contributed by atoms with E-state index in [0.29, 0.717) is 0 Å². The van der Waals surface area contributed by atoms with Crippen LogP contribution < -0.4 is 9.80 Å². The molecule has 0 aromatic heterocycles. The zero-order chi connectivity index (χ0) is 32.5. The standard InChI is InChI=1S/C44H40N2O2/c1-3-31-5-17-37(18-6-31)45(41-25-13-35(14-26-41)43-29-47-43)39-21-9-33(10-22-39)34-11-23-40(24-12-34)46(38-19-7-32(4-2)8-20-38)42-27-15-36(16-28-42)44-30-48-44/h5-28,43-44H,3-4,29-30H2,1-2H3. The van der Waals surface area contributed by atoms with Gasteiger partial charge in [0.2, 0.25) is 0 Å². The van der Waals surface area contributed by atoms with Crippen LogP contribution in [0.15, 0.2) is 146 Å². The summed E-state index contributed by atoms with van der Waals surface area (Å²) in [6, 6.07) is 53.1. The highest BCUT2D eigenvalue weighted by Crippen LogP contribution is 2.40. The summed E-state index contributed by atoms with van der Waals surface area (Å²) in [5.74, 6) is 0. The molecule has 8 rings (SSSR count). The number of hydrogen-bond donors (Lipinski definition) is 0. The zero-order valence-electron chi connectivity index (χ0n) is 27.6. The summed E-state index contributed by atoms with van der Waals surface area (Å²) in [6.45, 7) is 6.02. The maximum absolute atomic E-state index is 5.51. The topological polar surface area (TPSA) is 31.5 Å². The maximum Gasteiger partial charge on any atom is 0.106 e. The molecule has 0 radical (unpaired) electrons. The van der Waals surface area contributed by atoms with Crippen LogP contribution in [0.2, 0.25) is 0 Å². The van der Waals surface area contributed by atoms with E-state index >= 15 is 0 Å². The fourth-order valence-electron chi connectivity index (χ4n) is 6.42. The number of aryl methyl sites for hydroxylation is 2. The Morgan fingerprint density at radius 2 is 0.646 bits per heavy atom. The molecule has 2 aliphatic heterocycles. The lowest BCUT2D eigenvalue weighted by molar-refractivity contribution is 0.415. The van der Waals surface area contributed by atoms with Gasteiger partial charge in [-0.3, -0.25) is 0 Å². The second-order valence-electron chi connectivity index (χ2n) is 12.6. The molecular formula is C44H40N2O2. The van der Waals surface area contributed by atoms with Crippen molar-refractivity contribution in [3.05, 3.63) is 168 Å². The molecule has 0 bridgehead atoms. The maximum atomic E-state index is 5.51. The van der Waals surface area contributed by atoms with Crippen LogP contribution in [0.5, 0.6) is 0 Å². The molecule has 2 fully saturated rings.